The lowest BCUT2D eigenvalue weighted by atomic mass is 10.1. The van der Waals surface area contributed by atoms with Gasteiger partial charge in [0.25, 0.3) is 5.56 Å². The van der Waals surface area contributed by atoms with Gasteiger partial charge in [0, 0.05) is 8.78 Å². The predicted octanol–water partition coefficient (Wildman–Crippen LogP) is 2.67. The maximum atomic E-state index is 14.1. The fourth-order valence-corrected chi connectivity index (χ4v) is 2.73. The first-order valence-electron chi connectivity index (χ1n) is 8.12. The molecule has 1 atom stereocenters. The number of rotatable bonds is 3. The Bertz CT molecular complexity index is 865. The number of hydrogen-bond donors (Lipinski definition) is 2. The van der Waals surface area contributed by atoms with Gasteiger partial charge in [-0.05, 0) is 30.9 Å². The Kier molecular flexibility index (Phi) is 4.24. The quantitative estimate of drug-likeness (QED) is 0.648. The Morgan fingerprint density at radius 1 is 1.35 bits per heavy atom. The number of fused-ring (bicyclic) bond motifs is 1. The zero-order valence-corrected chi connectivity index (χ0v) is 13.5. The van der Waals surface area contributed by atoms with Crippen LogP contribution in [0.1, 0.15) is 28.4 Å². The van der Waals surface area contributed by atoms with E-state index in [1.54, 1.807) is 0 Å². The third kappa shape index (κ3) is 3.57. The lowest BCUT2D eigenvalue weighted by Crippen LogP contribution is -2.34. The standard InChI is InChI=1S/C14H15Cl2FN4O2/c15-11-9(17)10-8(12(22)21-14(16)19-10)13(20-11)23-6-7-4-2-1-3-5-18-7/h7,18H,1-6H2,(H,19,21,22)/t7-/m0/s1/i5D2. The highest BCUT2D eigenvalue weighted by molar-refractivity contribution is 6.30. The van der Waals surface area contributed by atoms with Gasteiger partial charge in [0.1, 0.15) is 17.5 Å². The molecular weight excluding hydrogens is 346 g/mol. The van der Waals surface area contributed by atoms with Gasteiger partial charge in [0.05, 0.1) is 0 Å². The molecule has 0 bridgehead atoms. The number of ether oxygens (including phenoxy) is 1. The molecule has 23 heavy (non-hydrogen) atoms. The van der Waals surface area contributed by atoms with Gasteiger partial charge in [-0.25, -0.2) is 9.37 Å². The van der Waals surface area contributed by atoms with Crippen LogP contribution in [0.5, 0.6) is 5.88 Å². The van der Waals surface area contributed by atoms with E-state index in [-0.39, 0.29) is 34.7 Å². The second-order valence-electron chi connectivity index (χ2n) is 5.18. The van der Waals surface area contributed by atoms with Crippen molar-refractivity contribution < 1.29 is 11.9 Å². The molecule has 2 N–H and O–H groups in total. The highest BCUT2D eigenvalue weighted by atomic mass is 35.5. The summed E-state index contributed by atoms with van der Waals surface area (Å²) in [6, 6.07) is -0.280. The van der Waals surface area contributed by atoms with E-state index >= 15 is 0 Å². The molecule has 1 fully saturated rings. The van der Waals surface area contributed by atoms with Crippen molar-refractivity contribution in [3.8, 4) is 5.88 Å². The molecule has 3 rings (SSSR count). The number of H-pyrrole nitrogens is 1. The molecule has 0 spiro atoms. The lowest BCUT2D eigenvalue weighted by Gasteiger charge is -2.17. The average molecular weight is 363 g/mol. The predicted molar refractivity (Wildman–Crippen MR) is 85.9 cm³/mol. The van der Waals surface area contributed by atoms with Crippen molar-refractivity contribution in [2.45, 2.75) is 31.7 Å². The molecule has 2 aromatic rings. The summed E-state index contributed by atoms with van der Waals surface area (Å²) in [5.41, 5.74) is -1.02. The van der Waals surface area contributed by atoms with Gasteiger partial charge in [0.2, 0.25) is 11.2 Å². The molecule has 2 aromatic heterocycles. The van der Waals surface area contributed by atoms with Crippen LogP contribution >= 0.6 is 23.2 Å². The molecule has 0 aliphatic carbocycles. The molecule has 0 amide bonds. The Hall–Kier alpha value is -1.44. The first-order valence-corrected chi connectivity index (χ1v) is 7.87. The van der Waals surface area contributed by atoms with Gasteiger partial charge >= 0.3 is 0 Å². The van der Waals surface area contributed by atoms with Crippen LogP contribution in [-0.2, 0) is 0 Å². The highest BCUT2D eigenvalue weighted by Gasteiger charge is 2.20. The van der Waals surface area contributed by atoms with Gasteiger partial charge in [-0.3, -0.25) is 9.78 Å². The van der Waals surface area contributed by atoms with Gasteiger partial charge in [-0.1, -0.05) is 24.4 Å². The van der Waals surface area contributed by atoms with Crippen LogP contribution in [0, 0.1) is 5.82 Å². The van der Waals surface area contributed by atoms with Crippen molar-refractivity contribution in [1.82, 2.24) is 20.3 Å². The fraction of sp³-hybridized carbons (Fsp3) is 0.500. The van der Waals surface area contributed by atoms with Crippen molar-refractivity contribution >= 4 is 34.1 Å². The van der Waals surface area contributed by atoms with Gasteiger partial charge < -0.3 is 10.1 Å². The van der Waals surface area contributed by atoms with Crippen LogP contribution in [0.4, 0.5) is 4.39 Å². The molecule has 0 saturated carbocycles. The third-order valence-corrected chi connectivity index (χ3v) is 3.95. The van der Waals surface area contributed by atoms with E-state index in [0.717, 1.165) is 12.8 Å². The molecule has 1 aliphatic rings. The number of hydrogen-bond acceptors (Lipinski definition) is 5. The minimum absolute atomic E-state index is 0.0473. The largest absolute Gasteiger partial charge is 0.475 e. The number of aromatic nitrogens is 3. The maximum absolute atomic E-state index is 14.1. The molecule has 6 nitrogen and oxygen atoms in total. The van der Waals surface area contributed by atoms with E-state index in [4.69, 9.17) is 30.7 Å². The summed E-state index contributed by atoms with van der Waals surface area (Å²) in [6.07, 6.45) is 2.72. The summed E-state index contributed by atoms with van der Waals surface area (Å²) in [7, 11) is 0. The Balaban J connectivity index is 1.91. The van der Waals surface area contributed by atoms with Crippen LogP contribution in [-0.4, -0.2) is 34.1 Å². The SMILES string of the molecule is [2H]C1([2H])CCCC[C@@H](COc2nc(Cl)c(F)c3nc(Cl)[nH]c(=O)c23)N1. The van der Waals surface area contributed by atoms with Crippen LogP contribution < -0.4 is 15.6 Å². The molecule has 1 aliphatic heterocycles. The van der Waals surface area contributed by atoms with Crippen LogP contribution in [0.2, 0.25) is 10.4 Å². The molecule has 1 saturated heterocycles. The third-order valence-electron chi connectivity index (χ3n) is 3.52. The summed E-state index contributed by atoms with van der Waals surface area (Å²) >= 11 is 11.4. The maximum Gasteiger partial charge on any atom is 0.265 e. The second kappa shape index (κ2) is 6.98. The summed E-state index contributed by atoms with van der Waals surface area (Å²) in [4.78, 5) is 21.9. The van der Waals surface area contributed by atoms with Crippen molar-refractivity contribution in [1.29, 1.82) is 0 Å². The number of nitrogens with zero attached hydrogens (tertiary/aromatic N) is 2. The van der Waals surface area contributed by atoms with E-state index in [2.05, 4.69) is 20.3 Å². The second-order valence-corrected chi connectivity index (χ2v) is 5.89. The normalized spacial score (nSPS) is 22.3. The van der Waals surface area contributed by atoms with Crippen LogP contribution in [0.3, 0.4) is 0 Å². The highest BCUT2D eigenvalue weighted by Crippen LogP contribution is 2.27. The lowest BCUT2D eigenvalue weighted by molar-refractivity contribution is 0.255. The van der Waals surface area contributed by atoms with E-state index in [9.17, 15) is 9.18 Å². The molecule has 9 heteroatoms. The molecule has 0 unspecified atom stereocenters. The minimum Gasteiger partial charge on any atom is -0.475 e. The fourth-order valence-electron chi connectivity index (χ4n) is 2.40. The summed E-state index contributed by atoms with van der Waals surface area (Å²) in [5, 5.41) is 1.92. The van der Waals surface area contributed by atoms with E-state index in [0.29, 0.717) is 12.8 Å². The van der Waals surface area contributed by atoms with Crippen molar-refractivity contribution in [2.24, 2.45) is 0 Å². The minimum atomic E-state index is -1.49. The number of pyridine rings is 1. The van der Waals surface area contributed by atoms with E-state index in [1.807, 2.05) is 0 Å². The van der Waals surface area contributed by atoms with Crippen molar-refractivity contribution in [2.75, 3.05) is 13.1 Å². The van der Waals surface area contributed by atoms with Crippen LogP contribution in [0.25, 0.3) is 10.9 Å². The Morgan fingerprint density at radius 3 is 3.00 bits per heavy atom. The van der Waals surface area contributed by atoms with E-state index < -0.39 is 23.0 Å². The topological polar surface area (TPSA) is 79.9 Å². The van der Waals surface area contributed by atoms with Gasteiger partial charge in [-0.2, -0.15) is 4.98 Å². The smallest absolute Gasteiger partial charge is 0.265 e. The van der Waals surface area contributed by atoms with Gasteiger partial charge in [0.15, 0.2) is 11.0 Å². The zero-order valence-electron chi connectivity index (χ0n) is 14.0. The molecule has 0 aromatic carbocycles. The summed E-state index contributed by atoms with van der Waals surface area (Å²) in [6.45, 7) is -1.45. The number of nitrogens with one attached hydrogen (secondary N) is 2. The summed E-state index contributed by atoms with van der Waals surface area (Å²) in [5.74, 6) is -1.13. The number of halogens is 3. The van der Waals surface area contributed by atoms with Crippen molar-refractivity contribution in [3.63, 3.8) is 0 Å². The van der Waals surface area contributed by atoms with Crippen LogP contribution in [0.15, 0.2) is 4.79 Å². The zero-order chi connectivity index (χ0) is 18.2. The summed E-state index contributed by atoms with van der Waals surface area (Å²) < 4.78 is 35.4. The van der Waals surface area contributed by atoms with Gasteiger partial charge in [-0.15, -0.1) is 0 Å². The molecule has 3 heterocycles. The number of aromatic amines is 1. The Morgan fingerprint density at radius 2 is 2.17 bits per heavy atom. The monoisotopic (exact) mass is 362 g/mol. The first-order chi connectivity index (χ1) is 11.8. The molecular formula is C14H15Cl2FN4O2. The van der Waals surface area contributed by atoms with E-state index in [1.165, 1.54) is 0 Å². The average Bonchev–Trinajstić information content (AvgIpc) is 2.69. The first kappa shape index (κ1) is 13.9. The Labute approximate surface area is 144 Å². The molecule has 124 valence electrons. The van der Waals surface area contributed by atoms with Crippen molar-refractivity contribution in [3.05, 3.63) is 26.6 Å². The molecule has 0 radical (unpaired) electrons.